The van der Waals surface area contributed by atoms with Crippen LogP contribution in [0.4, 0.5) is 5.82 Å². The SMILES string of the molecule is CC(=CC(=O)c1ccc(C(=O)O)cc1)c1ccc(N2CCCCC2)nc1. The van der Waals surface area contributed by atoms with Crippen LogP contribution in [0.5, 0.6) is 0 Å². The molecule has 0 radical (unpaired) electrons. The summed E-state index contributed by atoms with van der Waals surface area (Å²) in [5, 5.41) is 8.92. The Morgan fingerprint density at radius 3 is 2.15 bits per heavy atom. The number of hydrogen-bond acceptors (Lipinski definition) is 4. The lowest BCUT2D eigenvalue weighted by molar-refractivity contribution is 0.0696. The molecule has 5 nitrogen and oxygen atoms in total. The van der Waals surface area contributed by atoms with Crippen LogP contribution in [0.2, 0.25) is 0 Å². The van der Waals surface area contributed by atoms with E-state index in [1.807, 2.05) is 19.1 Å². The number of rotatable bonds is 5. The summed E-state index contributed by atoms with van der Waals surface area (Å²) >= 11 is 0. The second-order valence-electron chi connectivity index (χ2n) is 6.53. The lowest BCUT2D eigenvalue weighted by atomic mass is 10.0. The van der Waals surface area contributed by atoms with Crippen molar-refractivity contribution >= 4 is 23.1 Å². The number of aromatic nitrogens is 1. The summed E-state index contributed by atoms with van der Waals surface area (Å²) in [6, 6.07) is 9.94. The predicted molar refractivity (Wildman–Crippen MR) is 102 cm³/mol. The molecular weight excluding hydrogens is 328 g/mol. The second kappa shape index (κ2) is 7.95. The largest absolute Gasteiger partial charge is 0.478 e. The van der Waals surface area contributed by atoms with E-state index in [-0.39, 0.29) is 11.3 Å². The van der Waals surface area contributed by atoms with Gasteiger partial charge in [0.1, 0.15) is 5.82 Å². The highest BCUT2D eigenvalue weighted by Crippen LogP contribution is 2.20. The Bertz CT molecular complexity index is 817. The molecule has 3 rings (SSSR count). The first-order chi connectivity index (χ1) is 12.5. The van der Waals surface area contributed by atoms with E-state index in [1.165, 1.54) is 43.5 Å². The molecule has 2 aromatic rings. The highest BCUT2D eigenvalue weighted by molar-refractivity contribution is 6.08. The predicted octanol–water partition coefficient (Wildman–Crippen LogP) is 4.06. The molecule has 1 N–H and O–H groups in total. The first-order valence-electron chi connectivity index (χ1n) is 8.82. The summed E-state index contributed by atoms with van der Waals surface area (Å²) in [7, 11) is 0. The number of benzene rings is 1. The van der Waals surface area contributed by atoms with Crippen molar-refractivity contribution in [3.8, 4) is 0 Å². The Balaban J connectivity index is 1.71. The van der Waals surface area contributed by atoms with Crippen LogP contribution in [0.1, 0.15) is 52.5 Å². The number of ketones is 1. The second-order valence-corrected chi connectivity index (χ2v) is 6.53. The molecule has 0 aliphatic carbocycles. The van der Waals surface area contributed by atoms with Crippen LogP contribution in [0, 0.1) is 0 Å². The van der Waals surface area contributed by atoms with Crippen molar-refractivity contribution in [2.24, 2.45) is 0 Å². The monoisotopic (exact) mass is 350 g/mol. The van der Waals surface area contributed by atoms with Gasteiger partial charge in [-0.2, -0.15) is 0 Å². The fourth-order valence-corrected chi connectivity index (χ4v) is 3.07. The Kier molecular flexibility index (Phi) is 5.46. The molecular formula is C21H22N2O3. The van der Waals surface area contributed by atoms with Crippen LogP contribution in [-0.2, 0) is 0 Å². The highest BCUT2D eigenvalue weighted by atomic mass is 16.4. The number of carbonyl (C=O) groups is 2. The van der Waals surface area contributed by atoms with Crippen molar-refractivity contribution in [2.75, 3.05) is 18.0 Å². The summed E-state index contributed by atoms with van der Waals surface area (Å²) in [6.07, 6.45) is 7.06. The van der Waals surface area contributed by atoms with Crippen molar-refractivity contribution in [1.29, 1.82) is 0 Å². The van der Waals surface area contributed by atoms with Gasteiger partial charge >= 0.3 is 5.97 Å². The minimum absolute atomic E-state index is 0.153. The summed E-state index contributed by atoms with van der Waals surface area (Å²) < 4.78 is 0. The Hall–Kier alpha value is -2.95. The Morgan fingerprint density at radius 2 is 1.58 bits per heavy atom. The number of piperidine rings is 1. The lowest BCUT2D eigenvalue weighted by Crippen LogP contribution is -2.30. The topological polar surface area (TPSA) is 70.5 Å². The number of allylic oxidation sites excluding steroid dienone is 2. The van der Waals surface area contributed by atoms with Crippen molar-refractivity contribution in [2.45, 2.75) is 26.2 Å². The zero-order chi connectivity index (χ0) is 18.5. The van der Waals surface area contributed by atoms with E-state index in [1.54, 1.807) is 12.3 Å². The molecule has 1 aromatic heterocycles. The van der Waals surface area contributed by atoms with E-state index >= 15 is 0 Å². The summed E-state index contributed by atoms with van der Waals surface area (Å²) in [5.74, 6) is -0.174. The molecule has 5 heteroatoms. The summed E-state index contributed by atoms with van der Waals surface area (Å²) in [6.45, 7) is 3.97. The normalized spacial score (nSPS) is 15.0. The maximum atomic E-state index is 12.4. The number of carboxylic acid groups (broad SMARTS) is 1. The van der Waals surface area contributed by atoms with E-state index in [0.29, 0.717) is 5.56 Å². The van der Waals surface area contributed by atoms with Crippen molar-refractivity contribution in [3.63, 3.8) is 0 Å². The van der Waals surface area contributed by atoms with Gasteiger partial charge in [0.2, 0.25) is 0 Å². The summed E-state index contributed by atoms with van der Waals surface area (Å²) in [5.41, 5.74) is 2.36. The zero-order valence-electron chi connectivity index (χ0n) is 14.8. The van der Waals surface area contributed by atoms with Crippen LogP contribution in [0.3, 0.4) is 0 Å². The van der Waals surface area contributed by atoms with Crippen LogP contribution in [0.25, 0.3) is 5.57 Å². The third-order valence-corrected chi connectivity index (χ3v) is 4.65. The number of aromatic carboxylic acids is 1. The molecule has 26 heavy (non-hydrogen) atoms. The maximum absolute atomic E-state index is 12.4. The molecule has 134 valence electrons. The van der Waals surface area contributed by atoms with Crippen LogP contribution >= 0.6 is 0 Å². The van der Waals surface area contributed by atoms with Crippen LogP contribution in [0.15, 0.2) is 48.7 Å². The van der Waals surface area contributed by atoms with E-state index < -0.39 is 5.97 Å². The van der Waals surface area contributed by atoms with Crippen molar-refractivity contribution < 1.29 is 14.7 Å². The molecule has 2 heterocycles. The minimum Gasteiger partial charge on any atom is -0.478 e. The number of anilines is 1. The molecule has 0 saturated carbocycles. The van der Waals surface area contributed by atoms with E-state index in [2.05, 4.69) is 9.88 Å². The first kappa shape index (κ1) is 17.9. The van der Waals surface area contributed by atoms with Gasteiger partial charge in [-0.3, -0.25) is 4.79 Å². The van der Waals surface area contributed by atoms with Crippen LogP contribution in [-0.4, -0.2) is 34.9 Å². The van der Waals surface area contributed by atoms with Gasteiger partial charge in [-0.15, -0.1) is 0 Å². The smallest absolute Gasteiger partial charge is 0.335 e. The molecule has 0 unspecified atom stereocenters. The van der Waals surface area contributed by atoms with Crippen molar-refractivity contribution in [3.05, 3.63) is 65.4 Å². The number of nitrogens with zero attached hydrogens (tertiary/aromatic N) is 2. The van der Waals surface area contributed by atoms with Gasteiger partial charge in [0.15, 0.2) is 5.78 Å². The fourth-order valence-electron chi connectivity index (χ4n) is 3.07. The third kappa shape index (κ3) is 4.17. The van der Waals surface area contributed by atoms with E-state index in [9.17, 15) is 9.59 Å². The molecule has 1 fully saturated rings. The average Bonchev–Trinajstić information content (AvgIpc) is 2.68. The zero-order valence-corrected chi connectivity index (χ0v) is 14.8. The highest BCUT2D eigenvalue weighted by Gasteiger charge is 2.12. The van der Waals surface area contributed by atoms with Gasteiger partial charge in [-0.05, 0) is 67.7 Å². The number of hydrogen-bond donors (Lipinski definition) is 1. The van der Waals surface area contributed by atoms with Gasteiger partial charge in [-0.1, -0.05) is 12.1 Å². The van der Waals surface area contributed by atoms with Crippen LogP contribution < -0.4 is 4.90 Å². The lowest BCUT2D eigenvalue weighted by Gasteiger charge is -2.27. The molecule has 1 aromatic carbocycles. The van der Waals surface area contributed by atoms with E-state index in [4.69, 9.17) is 5.11 Å². The first-order valence-corrected chi connectivity index (χ1v) is 8.82. The third-order valence-electron chi connectivity index (χ3n) is 4.65. The molecule has 0 bridgehead atoms. The standard InChI is InChI=1S/C21H22N2O3/c1-15(13-19(24)16-5-7-17(8-6-16)21(25)26)18-9-10-20(22-14-18)23-11-3-2-4-12-23/h5-10,13-14H,2-4,11-12H2,1H3,(H,25,26). The summed E-state index contributed by atoms with van der Waals surface area (Å²) in [4.78, 5) is 30.1. The van der Waals surface area contributed by atoms with Gasteiger partial charge < -0.3 is 10.0 Å². The minimum atomic E-state index is -1.00. The van der Waals surface area contributed by atoms with Gasteiger partial charge in [-0.25, -0.2) is 9.78 Å². The molecule has 0 spiro atoms. The molecule has 0 atom stereocenters. The van der Waals surface area contributed by atoms with Gasteiger partial charge in [0, 0.05) is 24.8 Å². The number of pyridine rings is 1. The average molecular weight is 350 g/mol. The Morgan fingerprint density at radius 1 is 0.962 bits per heavy atom. The molecule has 1 aliphatic rings. The maximum Gasteiger partial charge on any atom is 0.335 e. The molecule has 0 amide bonds. The van der Waals surface area contributed by atoms with Crippen molar-refractivity contribution in [1.82, 2.24) is 4.98 Å². The number of carboxylic acids is 1. The quantitative estimate of drug-likeness (QED) is 0.650. The molecule has 1 saturated heterocycles. The molecule has 1 aliphatic heterocycles. The fraction of sp³-hybridized carbons (Fsp3) is 0.286. The van der Waals surface area contributed by atoms with Gasteiger partial charge in [0.05, 0.1) is 5.56 Å². The Labute approximate surface area is 153 Å². The van der Waals surface area contributed by atoms with E-state index in [0.717, 1.165) is 30.0 Å². The van der Waals surface area contributed by atoms with Gasteiger partial charge in [0.25, 0.3) is 0 Å². The number of carbonyl (C=O) groups excluding carboxylic acids is 1.